The van der Waals surface area contributed by atoms with E-state index in [2.05, 4.69) is 45.2 Å². The van der Waals surface area contributed by atoms with Crippen LogP contribution in [0.4, 0.5) is 5.69 Å². The van der Waals surface area contributed by atoms with Gasteiger partial charge in [-0.3, -0.25) is 9.69 Å². The van der Waals surface area contributed by atoms with Crippen molar-refractivity contribution >= 4 is 102 Å². The van der Waals surface area contributed by atoms with Crippen LogP contribution in [0.5, 0.6) is 5.75 Å². The molecule has 1 aliphatic rings. The van der Waals surface area contributed by atoms with Gasteiger partial charge in [-0.1, -0.05) is 90.7 Å². The predicted octanol–water partition coefficient (Wildman–Crippen LogP) is 8.03. The number of amides is 1. The Morgan fingerprint density at radius 1 is 0.912 bits per heavy atom. The van der Waals surface area contributed by atoms with E-state index < -0.39 is 0 Å². The van der Waals surface area contributed by atoms with Crippen LogP contribution in [0.1, 0.15) is 11.1 Å². The van der Waals surface area contributed by atoms with Crippen LogP contribution in [-0.4, -0.2) is 10.2 Å². The molecule has 0 atom stereocenters. The molecule has 0 unspecified atom stereocenters. The van der Waals surface area contributed by atoms with Gasteiger partial charge in [0.15, 0.2) is 4.32 Å². The summed E-state index contributed by atoms with van der Waals surface area (Å²) in [5.41, 5.74) is 2.88. The highest BCUT2D eigenvalue weighted by molar-refractivity contribution is 14.1. The quantitative estimate of drug-likeness (QED) is 0.120. The molecule has 0 aromatic heterocycles. The lowest BCUT2D eigenvalue weighted by atomic mass is 10.1. The number of ether oxygens (including phenoxy) is 1. The molecule has 0 spiro atoms. The minimum Gasteiger partial charge on any atom is -0.487 e. The smallest absolute Gasteiger partial charge is 0.270 e. The third-order valence-corrected chi connectivity index (χ3v) is 8.25. The number of thioether (sulfide) groups is 1. The van der Waals surface area contributed by atoms with Crippen molar-refractivity contribution in [2.75, 3.05) is 4.90 Å². The summed E-state index contributed by atoms with van der Waals surface area (Å²) in [6.07, 6.45) is 1.91. The van der Waals surface area contributed by atoms with E-state index in [-0.39, 0.29) is 5.91 Å². The van der Waals surface area contributed by atoms with Gasteiger partial charge in [0.25, 0.3) is 5.91 Å². The summed E-state index contributed by atoms with van der Waals surface area (Å²) in [6, 6.07) is 28.1. The first-order valence-corrected chi connectivity index (χ1v) is 13.8. The minimum absolute atomic E-state index is 0.0965. The van der Waals surface area contributed by atoms with E-state index in [1.165, 1.54) is 11.8 Å². The number of thiocarbonyl (C=S) groups is 1. The van der Waals surface area contributed by atoms with Crippen molar-refractivity contribution in [2.24, 2.45) is 0 Å². The van der Waals surface area contributed by atoms with Gasteiger partial charge in [0.2, 0.25) is 0 Å². The number of hydrogen-bond donors (Lipinski definition) is 0. The first-order valence-electron chi connectivity index (χ1n) is 10.4. The molecule has 0 N–H and O–H groups in total. The summed E-state index contributed by atoms with van der Waals surface area (Å²) >= 11 is 11.5. The number of fused-ring (bicyclic) bond motifs is 1. The van der Waals surface area contributed by atoms with Crippen LogP contribution in [0.2, 0.25) is 0 Å². The molecular weight excluding hydrogens is 688 g/mol. The number of anilines is 1. The van der Waals surface area contributed by atoms with Crippen molar-refractivity contribution in [3.05, 3.63) is 108 Å². The topological polar surface area (TPSA) is 29.5 Å². The van der Waals surface area contributed by atoms with Gasteiger partial charge in [0.1, 0.15) is 12.4 Å². The van der Waals surface area contributed by atoms with Crippen molar-refractivity contribution in [3.63, 3.8) is 0 Å². The van der Waals surface area contributed by atoms with Gasteiger partial charge >= 0.3 is 0 Å². The molecule has 1 heterocycles. The highest BCUT2D eigenvalue weighted by atomic mass is 127. The van der Waals surface area contributed by atoms with Crippen molar-refractivity contribution in [1.82, 2.24) is 0 Å². The van der Waals surface area contributed by atoms with E-state index in [1.54, 1.807) is 4.90 Å². The lowest BCUT2D eigenvalue weighted by molar-refractivity contribution is -0.113. The second-order valence-corrected chi connectivity index (χ2v) is 11.6. The molecule has 0 aliphatic carbocycles. The number of nitrogens with zero attached hydrogens (tertiary/aromatic N) is 1. The third-order valence-electron chi connectivity index (χ3n) is 5.35. The Hall–Kier alpha value is -1.95. The molecule has 34 heavy (non-hydrogen) atoms. The number of benzene rings is 4. The maximum absolute atomic E-state index is 13.4. The Bertz CT molecular complexity index is 1430. The summed E-state index contributed by atoms with van der Waals surface area (Å²) in [7, 11) is 0. The molecule has 4 aromatic rings. The van der Waals surface area contributed by atoms with Crippen LogP contribution in [0, 0.1) is 7.14 Å². The van der Waals surface area contributed by atoms with E-state index in [0.717, 1.165) is 40.5 Å². The highest BCUT2D eigenvalue weighted by Gasteiger charge is 2.34. The van der Waals surface area contributed by atoms with E-state index >= 15 is 0 Å². The van der Waals surface area contributed by atoms with Crippen LogP contribution in [0.25, 0.3) is 16.8 Å². The van der Waals surface area contributed by atoms with Crippen LogP contribution in [-0.2, 0) is 11.4 Å². The number of carbonyl (C=O) groups excluding carboxylic acids is 1. The molecule has 5 rings (SSSR count). The molecule has 7 heteroatoms. The van der Waals surface area contributed by atoms with Crippen LogP contribution >= 0.6 is 69.2 Å². The number of rotatable bonds is 5. The molecule has 0 bridgehead atoms. The van der Waals surface area contributed by atoms with E-state index in [1.807, 2.05) is 91.0 Å². The molecule has 0 radical (unpaired) electrons. The summed E-state index contributed by atoms with van der Waals surface area (Å²) in [5, 5.41) is 2.08. The molecule has 168 valence electrons. The minimum atomic E-state index is -0.0965. The molecule has 1 fully saturated rings. The van der Waals surface area contributed by atoms with Gasteiger partial charge in [-0.05, 0) is 86.0 Å². The number of carbonyl (C=O) groups is 1. The van der Waals surface area contributed by atoms with E-state index in [9.17, 15) is 4.79 Å². The second kappa shape index (κ2) is 10.3. The van der Waals surface area contributed by atoms with Crippen molar-refractivity contribution in [1.29, 1.82) is 0 Å². The monoisotopic (exact) mass is 705 g/mol. The Kier molecular flexibility index (Phi) is 7.24. The van der Waals surface area contributed by atoms with Crippen molar-refractivity contribution in [3.8, 4) is 5.75 Å². The predicted molar refractivity (Wildman–Crippen MR) is 162 cm³/mol. The third kappa shape index (κ3) is 4.89. The fraction of sp³-hybridized carbons (Fsp3) is 0.0370. The van der Waals surface area contributed by atoms with Crippen molar-refractivity contribution in [2.45, 2.75) is 6.61 Å². The molecular formula is C27H17I2NO2S2. The molecule has 0 saturated carbocycles. The van der Waals surface area contributed by atoms with Crippen molar-refractivity contribution < 1.29 is 9.53 Å². The molecule has 3 nitrogen and oxygen atoms in total. The average Bonchev–Trinajstić information content (AvgIpc) is 3.11. The summed E-state index contributed by atoms with van der Waals surface area (Å²) < 4.78 is 8.63. The largest absolute Gasteiger partial charge is 0.487 e. The van der Waals surface area contributed by atoms with Gasteiger partial charge in [-0.15, -0.1) is 0 Å². The number of halogens is 2. The fourth-order valence-electron chi connectivity index (χ4n) is 3.76. The Morgan fingerprint density at radius 3 is 2.35 bits per heavy atom. The van der Waals surface area contributed by atoms with E-state index in [4.69, 9.17) is 17.0 Å². The van der Waals surface area contributed by atoms with Gasteiger partial charge in [0.05, 0.1) is 17.7 Å². The second-order valence-electron chi connectivity index (χ2n) is 7.60. The summed E-state index contributed by atoms with van der Waals surface area (Å²) in [5.74, 6) is 0.756. The van der Waals surface area contributed by atoms with Gasteiger partial charge in [-0.25, -0.2) is 0 Å². The van der Waals surface area contributed by atoms with Gasteiger partial charge in [0, 0.05) is 5.39 Å². The van der Waals surface area contributed by atoms with Gasteiger partial charge < -0.3 is 4.74 Å². The normalized spacial score (nSPS) is 14.9. The highest BCUT2D eigenvalue weighted by Crippen LogP contribution is 2.39. The number of hydrogen-bond acceptors (Lipinski definition) is 4. The molecule has 1 amide bonds. The SMILES string of the molecule is O=C1/C(=C/c2cc(I)c(OCc3ccccc3)c(I)c2)SC(=S)N1c1cccc2ccccc12. The van der Waals surface area contributed by atoms with Crippen LogP contribution in [0.15, 0.2) is 89.8 Å². The van der Waals surface area contributed by atoms with Gasteiger partial charge in [-0.2, -0.15) is 0 Å². The van der Waals surface area contributed by atoms with Crippen LogP contribution in [0.3, 0.4) is 0 Å². The first-order chi connectivity index (χ1) is 16.5. The summed E-state index contributed by atoms with van der Waals surface area (Å²) in [6.45, 7) is 0.510. The Balaban J connectivity index is 1.41. The molecule has 1 saturated heterocycles. The Labute approximate surface area is 234 Å². The zero-order valence-corrected chi connectivity index (χ0v) is 23.7. The first kappa shape index (κ1) is 23.8. The van der Waals surface area contributed by atoms with Crippen LogP contribution < -0.4 is 9.64 Å². The zero-order valence-electron chi connectivity index (χ0n) is 17.7. The average molecular weight is 705 g/mol. The maximum atomic E-state index is 13.4. The summed E-state index contributed by atoms with van der Waals surface area (Å²) in [4.78, 5) is 15.6. The maximum Gasteiger partial charge on any atom is 0.270 e. The lowest BCUT2D eigenvalue weighted by Crippen LogP contribution is -2.27. The Morgan fingerprint density at radius 2 is 1.59 bits per heavy atom. The zero-order chi connectivity index (χ0) is 23.7. The fourth-order valence-corrected chi connectivity index (χ4v) is 7.17. The standard InChI is InChI=1S/C27H17I2NO2S2/c28-21-13-18(14-22(29)25(21)32-16-17-7-2-1-3-8-17)15-24-26(31)30(27(33)34-24)23-12-6-10-19-9-4-5-11-20(19)23/h1-15H,16H2/b24-15-. The molecule has 4 aromatic carbocycles. The lowest BCUT2D eigenvalue weighted by Gasteiger charge is -2.17. The molecule has 1 aliphatic heterocycles. The van der Waals surface area contributed by atoms with E-state index in [0.29, 0.717) is 15.8 Å².